The smallest absolute Gasteiger partial charge is 0.0659 e. The summed E-state index contributed by atoms with van der Waals surface area (Å²) in [6, 6.07) is 84.4. The molecule has 10 aromatic carbocycles. The zero-order valence-electron chi connectivity index (χ0n) is 38.2. The lowest BCUT2D eigenvalue weighted by Gasteiger charge is -2.31. The van der Waals surface area contributed by atoms with Crippen LogP contribution in [0.4, 0.5) is 0 Å². The molecule has 324 valence electrons. The second-order valence-corrected chi connectivity index (χ2v) is 18.2. The molecule has 1 heterocycles. The Morgan fingerprint density at radius 3 is 1.80 bits per heavy atom. The lowest BCUT2D eigenvalue weighted by molar-refractivity contribution is 0.485. The van der Waals surface area contributed by atoms with Gasteiger partial charge in [-0.2, -0.15) is 0 Å². The molecule has 0 saturated heterocycles. The van der Waals surface area contributed by atoms with Gasteiger partial charge in [-0.15, -0.1) is 11.3 Å². The highest BCUT2D eigenvalue weighted by Crippen LogP contribution is 2.47. The van der Waals surface area contributed by atoms with Crippen molar-refractivity contribution < 1.29 is 0 Å². The van der Waals surface area contributed by atoms with Gasteiger partial charge in [-0.05, 0) is 111 Å². The molecule has 11 rings (SSSR count). The number of benzene rings is 10. The van der Waals surface area contributed by atoms with E-state index in [9.17, 15) is 0 Å². The van der Waals surface area contributed by atoms with Gasteiger partial charge in [-0.25, -0.2) is 0 Å². The average Bonchev–Trinajstić information content (AvgIpc) is 3.76. The number of hydrogen-bond acceptors (Lipinski definition) is 3. The van der Waals surface area contributed by atoms with Gasteiger partial charge in [0.15, 0.2) is 0 Å². The second-order valence-electron chi connectivity index (χ2n) is 17.1. The Balaban J connectivity index is 0.000000492. The minimum absolute atomic E-state index is 0.0315. The first-order valence-electron chi connectivity index (χ1n) is 23.0. The van der Waals surface area contributed by atoms with Crippen molar-refractivity contribution in [2.45, 2.75) is 32.2 Å². The summed E-state index contributed by atoms with van der Waals surface area (Å²) in [7, 11) is 2.05. The Morgan fingerprint density at radius 1 is 0.500 bits per heavy atom. The molecular weight excluding hydrogens is 817 g/mol. The van der Waals surface area contributed by atoms with Crippen molar-refractivity contribution in [1.29, 1.82) is 0 Å². The summed E-state index contributed by atoms with van der Waals surface area (Å²) in [6.07, 6.45) is 0. The average molecular weight is 873 g/mol. The number of nitrogens with two attached hydrogens (primary N) is 1. The molecule has 3 N–H and O–H groups in total. The van der Waals surface area contributed by atoms with Crippen LogP contribution in [0.25, 0.3) is 64.0 Å². The molecule has 2 unspecified atom stereocenters. The normalized spacial score (nSPS) is 12.5. The van der Waals surface area contributed by atoms with Crippen molar-refractivity contribution >= 4 is 53.1 Å². The summed E-state index contributed by atoms with van der Waals surface area (Å²) < 4.78 is 2.61. The van der Waals surface area contributed by atoms with E-state index < -0.39 is 0 Å². The topological polar surface area (TPSA) is 38.0 Å². The van der Waals surface area contributed by atoms with E-state index in [0.717, 1.165) is 6.54 Å². The van der Waals surface area contributed by atoms with E-state index in [0.29, 0.717) is 0 Å². The molecule has 2 nitrogen and oxygen atoms in total. The summed E-state index contributed by atoms with van der Waals surface area (Å²) in [5.41, 5.74) is 17.2. The molecule has 0 bridgehead atoms. The van der Waals surface area contributed by atoms with Gasteiger partial charge in [0, 0.05) is 26.1 Å². The lowest BCUT2D eigenvalue weighted by atomic mass is 9.80. The molecule has 0 aliphatic carbocycles. The van der Waals surface area contributed by atoms with Gasteiger partial charge in [0.1, 0.15) is 0 Å². The molecule has 0 aliphatic rings. The number of hydrogen-bond donors (Lipinski definition) is 2. The number of rotatable bonds is 8. The third-order valence-corrected chi connectivity index (χ3v) is 14.0. The summed E-state index contributed by atoms with van der Waals surface area (Å²) in [5.74, 6) is 0.0315. The third kappa shape index (κ3) is 8.94. The van der Waals surface area contributed by atoms with Crippen molar-refractivity contribution in [3.8, 4) is 22.3 Å². The van der Waals surface area contributed by atoms with Crippen LogP contribution in [0.15, 0.2) is 231 Å². The van der Waals surface area contributed by atoms with Crippen molar-refractivity contribution in [3.63, 3.8) is 0 Å². The highest BCUT2D eigenvalue weighted by atomic mass is 32.1. The second kappa shape index (κ2) is 19.9. The first-order valence-corrected chi connectivity index (χ1v) is 23.8. The van der Waals surface area contributed by atoms with Crippen LogP contribution in [0.5, 0.6) is 0 Å². The summed E-state index contributed by atoms with van der Waals surface area (Å²) >= 11 is 1.88. The molecule has 1 aromatic heterocycles. The van der Waals surface area contributed by atoms with Crippen LogP contribution in [-0.2, 0) is 5.54 Å². The van der Waals surface area contributed by atoms with Gasteiger partial charge in [-0.1, -0.05) is 231 Å². The predicted octanol–water partition coefficient (Wildman–Crippen LogP) is 16.3. The van der Waals surface area contributed by atoms with Gasteiger partial charge in [0.25, 0.3) is 0 Å². The maximum absolute atomic E-state index is 4.85. The Hall–Kier alpha value is -7.14. The quantitative estimate of drug-likeness (QED) is 0.149. The minimum Gasteiger partial charge on any atom is -0.331 e. The standard InChI is InChI=1S/C54H41NS.C7H8.C2H7N/c1-54(55-2,43-20-4-3-5-21-43)44-30-28-38(29-31-44)46-32-33-50-53(48-23-10-11-25-49(48)56-50)52(46)41-19-12-18-40(35-41)51(42-27-26-36-14-6-7-16-39(36)34-42)47-24-13-17-37-15-8-9-22-45(37)47;1-7-5-3-2-4-6-7;1-2-3/h3-35,51,55H,1-2H3;2-6H,1H3;2-3H2,1H3. The number of nitrogens with one attached hydrogen (secondary N) is 1. The Morgan fingerprint density at radius 2 is 1.09 bits per heavy atom. The van der Waals surface area contributed by atoms with E-state index in [2.05, 4.69) is 231 Å². The number of aryl methyl sites for hydroxylation is 1. The van der Waals surface area contributed by atoms with Crippen LogP contribution >= 0.6 is 11.3 Å². The highest BCUT2D eigenvalue weighted by molar-refractivity contribution is 7.26. The molecule has 2 atom stereocenters. The number of thiophene rings is 1. The predicted molar refractivity (Wildman–Crippen MR) is 287 cm³/mol. The molecule has 0 saturated carbocycles. The fourth-order valence-electron chi connectivity index (χ4n) is 9.42. The maximum Gasteiger partial charge on any atom is 0.0659 e. The zero-order valence-corrected chi connectivity index (χ0v) is 39.0. The Bertz CT molecular complexity index is 3370. The van der Waals surface area contributed by atoms with Crippen molar-refractivity contribution in [3.05, 3.63) is 264 Å². The molecule has 0 aliphatic heterocycles. The first-order chi connectivity index (χ1) is 32.4. The summed E-state index contributed by atoms with van der Waals surface area (Å²) in [5, 5.41) is 11.3. The fourth-order valence-corrected chi connectivity index (χ4v) is 10.5. The molecule has 66 heavy (non-hydrogen) atoms. The molecular formula is C63H56N2S. The Kier molecular flexibility index (Phi) is 13.3. The molecule has 0 amide bonds. The van der Waals surface area contributed by atoms with Gasteiger partial charge < -0.3 is 11.1 Å². The maximum atomic E-state index is 4.85. The Labute approximate surface area is 394 Å². The lowest BCUT2D eigenvalue weighted by Crippen LogP contribution is -2.37. The summed E-state index contributed by atoms with van der Waals surface area (Å²) in [4.78, 5) is 0. The van der Waals surface area contributed by atoms with Crippen LogP contribution in [0.3, 0.4) is 0 Å². The van der Waals surface area contributed by atoms with E-state index in [-0.39, 0.29) is 11.5 Å². The largest absolute Gasteiger partial charge is 0.331 e. The van der Waals surface area contributed by atoms with E-state index in [4.69, 9.17) is 5.73 Å². The van der Waals surface area contributed by atoms with Gasteiger partial charge >= 0.3 is 0 Å². The van der Waals surface area contributed by atoms with E-state index in [1.165, 1.54) is 97.4 Å². The minimum atomic E-state index is -0.316. The highest BCUT2D eigenvalue weighted by Gasteiger charge is 2.27. The first kappa shape index (κ1) is 44.1. The molecule has 0 radical (unpaired) electrons. The van der Waals surface area contributed by atoms with Crippen molar-refractivity contribution in [2.75, 3.05) is 13.6 Å². The fraction of sp³-hybridized carbons (Fsp3) is 0.111. The van der Waals surface area contributed by atoms with Gasteiger partial charge in [0.2, 0.25) is 0 Å². The SMILES string of the molecule is CCN.CNC(C)(c1ccccc1)c1ccc(-c2ccc3sc4ccccc4c3c2-c2cccc(C(c3ccc4ccccc4c3)c3cccc4ccccc34)c2)cc1.Cc1ccccc1. The van der Waals surface area contributed by atoms with E-state index >= 15 is 0 Å². The van der Waals surface area contributed by atoms with E-state index in [1.54, 1.807) is 0 Å². The van der Waals surface area contributed by atoms with Gasteiger partial charge in [-0.3, -0.25) is 0 Å². The van der Waals surface area contributed by atoms with Crippen LogP contribution in [0, 0.1) is 6.92 Å². The van der Waals surface area contributed by atoms with Crippen LogP contribution in [0.2, 0.25) is 0 Å². The monoisotopic (exact) mass is 872 g/mol. The third-order valence-electron chi connectivity index (χ3n) is 12.9. The number of fused-ring (bicyclic) bond motifs is 5. The van der Waals surface area contributed by atoms with Crippen LogP contribution in [-0.4, -0.2) is 13.6 Å². The van der Waals surface area contributed by atoms with Crippen molar-refractivity contribution in [2.24, 2.45) is 5.73 Å². The van der Waals surface area contributed by atoms with Crippen LogP contribution < -0.4 is 11.1 Å². The zero-order chi connectivity index (χ0) is 45.5. The summed E-state index contributed by atoms with van der Waals surface area (Å²) in [6.45, 7) is 7.00. The van der Waals surface area contributed by atoms with Crippen LogP contribution in [0.1, 0.15) is 53.1 Å². The molecule has 11 aromatic rings. The van der Waals surface area contributed by atoms with Crippen molar-refractivity contribution in [1.82, 2.24) is 5.32 Å². The van der Waals surface area contributed by atoms with Gasteiger partial charge in [0.05, 0.1) is 5.54 Å². The molecule has 0 spiro atoms. The van der Waals surface area contributed by atoms with E-state index in [1.807, 2.05) is 43.5 Å². The molecule has 3 heteroatoms. The molecule has 0 fully saturated rings.